The van der Waals surface area contributed by atoms with Gasteiger partial charge in [0.05, 0.1) is 19.3 Å². The molecule has 0 radical (unpaired) electrons. The molecule has 23 heavy (non-hydrogen) atoms. The van der Waals surface area contributed by atoms with E-state index in [1.54, 1.807) is 0 Å². The van der Waals surface area contributed by atoms with Crippen LogP contribution in [0.25, 0.3) is 0 Å². The maximum absolute atomic E-state index is 6.31. The van der Waals surface area contributed by atoms with Crippen LogP contribution >= 0.6 is 0 Å². The number of ether oxygens (including phenoxy) is 4. The molecule has 0 aromatic rings. The zero-order chi connectivity index (χ0) is 17.3. The highest BCUT2D eigenvalue weighted by Crippen LogP contribution is 2.29. The normalized spacial score (nSPS) is 21.1. The second kappa shape index (κ2) is 10.1. The van der Waals surface area contributed by atoms with E-state index < -0.39 is 14.0 Å². The van der Waals surface area contributed by atoms with Crippen molar-refractivity contribution in [2.24, 2.45) is 0 Å². The molecule has 1 rings (SSSR count). The number of rotatable bonds is 11. The monoisotopic (exact) mass is 346 g/mol. The minimum atomic E-state index is -1.19. The molecule has 138 valence electrons. The SMILES string of the molecule is CCC[Si](C)(C)CC(CC)OC(CC)OC1(CC)OCCCO1. The fourth-order valence-corrected chi connectivity index (χ4v) is 6.39. The fourth-order valence-electron chi connectivity index (χ4n) is 3.22. The zero-order valence-electron chi connectivity index (χ0n) is 16.2. The predicted octanol–water partition coefficient (Wildman–Crippen LogP) is 5.15. The van der Waals surface area contributed by atoms with Crippen LogP contribution in [-0.2, 0) is 18.9 Å². The van der Waals surface area contributed by atoms with Gasteiger partial charge >= 0.3 is 0 Å². The van der Waals surface area contributed by atoms with E-state index in [4.69, 9.17) is 18.9 Å². The zero-order valence-corrected chi connectivity index (χ0v) is 17.2. The van der Waals surface area contributed by atoms with Crippen LogP contribution in [0.4, 0.5) is 0 Å². The standard InChI is InChI=1S/C18H38O4Si/c1-7-14-23(5,6)15-16(8-2)21-17(9-3)22-18(10-4)19-12-11-13-20-18/h16-17H,7-15H2,1-6H3. The van der Waals surface area contributed by atoms with Gasteiger partial charge in [0.15, 0.2) is 6.29 Å². The van der Waals surface area contributed by atoms with Crippen molar-refractivity contribution in [1.29, 1.82) is 0 Å². The Kier molecular flexibility index (Phi) is 9.30. The first-order valence-electron chi connectivity index (χ1n) is 9.51. The summed E-state index contributed by atoms with van der Waals surface area (Å²) in [5.74, 6) is -0.909. The highest BCUT2D eigenvalue weighted by atomic mass is 28.3. The summed E-state index contributed by atoms with van der Waals surface area (Å²) in [4.78, 5) is 0. The summed E-state index contributed by atoms with van der Waals surface area (Å²) in [5, 5.41) is 0. The van der Waals surface area contributed by atoms with Crippen molar-refractivity contribution < 1.29 is 18.9 Å². The maximum atomic E-state index is 6.31. The summed E-state index contributed by atoms with van der Waals surface area (Å²) < 4.78 is 24.0. The summed E-state index contributed by atoms with van der Waals surface area (Å²) in [5.41, 5.74) is 0. The molecule has 0 N–H and O–H groups in total. The van der Waals surface area contributed by atoms with E-state index in [2.05, 4.69) is 33.9 Å². The smallest absolute Gasteiger partial charge is 0.284 e. The van der Waals surface area contributed by atoms with Crippen molar-refractivity contribution in [2.75, 3.05) is 13.2 Å². The summed E-state index contributed by atoms with van der Waals surface area (Å²) in [6.45, 7) is 14.9. The molecule has 2 atom stereocenters. The third kappa shape index (κ3) is 7.22. The molecular weight excluding hydrogens is 308 g/mol. The molecule has 0 aliphatic carbocycles. The van der Waals surface area contributed by atoms with E-state index in [9.17, 15) is 0 Å². The highest BCUT2D eigenvalue weighted by molar-refractivity contribution is 6.77. The largest absolute Gasteiger partial charge is 0.350 e. The second-order valence-corrected chi connectivity index (χ2v) is 12.6. The first kappa shape index (κ1) is 21.1. The average Bonchev–Trinajstić information content (AvgIpc) is 2.54. The Labute approximate surface area is 144 Å². The van der Waals surface area contributed by atoms with Crippen molar-refractivity contribution >= 4 is 8.07 Å². The Morgan fingerprint density at radius 3 is 2.17 bits per heavy atom. The van der Waals surface area contributed by atoms with Crippen LogP contribution in [0.3, 0.4) is 0 Å². The van der Waals surface area contributed by atoms with Crippen molar-refractivity contribution in [3.63, 3.8) is 0 Å². The van der Waals surface area contributed by atoms with E-state index >= 15 is 0 Å². The Morgan fingerprint density at radius 1 is 1.04 bits per heavy atom. The van der Waals surface area contributed by atoms with Crippen LogP contribution < -0.4 is 0 Å². The summed E-state index contributed by atoms with van der Waals surface area (Å²) in [6.07, 6.45) is 4.72. The highest BCUT2D eigenvalue weighted by Gasteiger charge is 2.38. The van der Waals surface area contributed by atoms with Crippen LogP contribution in [0.2, 0.25) is 25.2 Å². The first-order valence-corrected chi connectivity index (χ1v) is 12.9. The van der Waals surface area contributed by atoms with Crippen LogP contribution in [0.5, 0.6) is 0 Å². The lowest BCUT2D eigenvalue weighted by atomic mass is 10.3. The van der Waals surface area contributed by atoms with Gasteiger partial charge in [-0.15, -0.1) is 0 Å². The van der Waals surface area contributed by atoms with Gasteiger partial charge < -0.3 is 14.2 Å². The van der Waals surface area contributed by atoms with Crippen molar-refractivity contribution in [3.05, 3.63) is 0 Å². The van der Waals surface area contributed by atoms with E-state index in [1.165, 1.54) is 18.5 Å². The lowest BCUT2D eigenvalue weighted by Gasteiger charge is -2.39. The average molecular weight is 347 g/mol. The minimum absolute atomic E-state index is 0.260. The summed E-state index contributed by atoms with van der Waals surface area (Å²) in [7, 11) is -1.19. The molecule has 0 aromatic heterocycles. The predicted molar refractivity (Wildman–Crippen MR) is 97.3 cm³/mol. The van der Waals surface area contributed by atoms with Gasteiger partial charge in [-0.2, -0.15) is 0 Å². The second-order valence-electron chi connectivity index (χ2n) is 7.33. The quantitative estimate of drug-likeness (QED) is 0.383. The van der Waals surface area contributed by atoms with Crippen molar-refractivity contribution in [1.82, 2.24) is 0 Å². The Balaban J connectivity index is 2.61. The molecule has 1 heterocycles. The molecule has 0 amide bonds. The maximum Gasteiger partial charge on any atom is 0.284 e. The molecule has 0 saturated carbocycles. The third-order valence-electron chi connectivity index (χ3n) is 4.52. The minimum Gasteiger partial charge on any atom is -0.350 e. The van der Waals surface area contributed by atoms with Gasteiger partial charge in [0, 0.05) is 14.5 Å². The van der Waals surface area contributed by atoms with Gasteiger partial charge in [0.25, 0.3) is 5.97 Å². The van der Waals surface area contributed by atoms with Crippen LogP contribution in [0, 0.1) is 0 Å². The molecule has 1 fully saturated rings. The number of hydrogen-bond acceptors (Lipinski definition) is 4. The Bertz CT molecular complexity index is 316. The molecule has 5 heteroatoms. The fraction of sp³-hybridized carbons (Fsp3) is 1.00. The van der Waals surface area contributed by atoms with Gasteiger partial charge in [0.1, 0.15) is 0 Å². The van der Waals surface area contributed by atoms with Crippen molar-refractivity contribution in [2.45, 2.75) is 103 Å². The molecule has 4 nitrogen and oxygen atoms in total. The van der Waals surface area contributed by atoms with Crippen molar-refractivity contribution in [3.8, 4) is 0 Å². The van der Waals surface area contributed by atoms with E-state index in [-0.39, 0.29) is 12.4 Å². The third-order valence-corrected chi connectivity index (χ3v) is 7.93. The summed E-state index contributed by atoms with van der Waals surface area (Å²) >= 11 is 0. The lowest BCUT2D eigenvalue weighted by Crippen LogP contribution is -2.46. The van der Waals surface area contributed by atoms with Gasteiger partial charge in [-0.05, 0) is 25.3 Å². The van der Waals surface area contributed by atoms with Gasteiger partial charge in [-0.1, -0.05) is 53.3 Å². The van der Waals surface area contributed by atoms with E-state index in [1.807, 2.05) is 6.92 Å². The molecule has 1 saturated heterocycles. The molecule has 0 aromatic carbocycles. The van der Waals surface area contributed by atoms with Crippen LogP contribution in [0.1, 0.15) is 59.8 Å². The van der Waals surface area contributed by atoms with Gasteiger partial charge in [-0.25, -0.2) is 0 Å². The lowest BCUT2D eigenvalue weighted by molar-refractivity contribution is -0.436. The molecule has 0 bridgehead atoms. The molecule has 1 aliphatic heterocycles. The summed E-state index contributed by atoms with van der Waals surface area (Å²) in [6, 6.07) is 2.55. The molecule has 2 unspecified atom stereocenters. The first-order chi connectivity index (χ1) is 10.9. The van der Waals surface area contributed by atoms with Gasteiger partial charge in [0.2, 0.25) is 0 Å². The van der Waals surface area contributed by atoms with E-state index in [0.717, 1.165) is 19.3 Å². The molecule has 1 aliphatic rings. The van der Waals surface area contributed by atoms with Crippen LogP contribution in [0.15, 0.2) is 0 Å². The van der Waals surface area contributed by atoms with Gasteiger partial charge in [-0.3, -0.25) is 4.74 Å². The number of hydrogen-bond donors (Lipinski definition) is 0. The van der Waals surface area contributed by atoms with E-state index in [0.29, 0.717) is 19.6 Å². The topological polar surface area (TPSA) is 36.9 Å². The molecule has 0 spiro atoms. The van der Waals surface area contributed by atoms with Crippen LogP contribution in [-0.4, -0.2) is 39.7 Å². The molecular formula is C18H38O4Si. The Hall–Kier alpha value is 0.0569. The Morgan fingerprint density at radius 2 is 1.70 bits per heavy atom.